The minimum absolute atomic E-state index is 0.319. The summed E-state index contributed by atoms with van der Waals surface area (Å²) in [7, 11) is 1.60. The van der Waals surface area contributed by atoms with Crippen molar-refractivity contribution in [3.8, 4) is 5.75 Å². The molecule has 12 nitrogen and oxygen atoms in total. The second-order valence-electron chi connectivity index (χ2n) is 13.4. The van der Waals surface area contributed by atoms with Gasteiger partial charge in [0.25, 0.3) is 0 Å². The number of benzene rings is 2. The third kappa shape index (κ3) is 7.93. The van der Waals surface area contributed by atoms with Gasteiger partial charge in [0.15, 0.2) is 5.82 Å². The van der Waals surface area contributed by atoms with Crippen LogP contribution in [0.3, 0.4) is 0 Å². The second kappa shape index (κ2) is 15.9. The lowest BCUT2D eigenvalue weighted by Gasteiger charge is -2.45. The molecule has 4 fully saturated rings. The minimum Gasteiger partial charge on any atom is -0.494 e. The highest BCUT2D eigenvalue weighted by molar-refractivity contribution is 6.02. The Morgan fingerprint density at radius 2 is 1.63 bits per heavy atom. The summed E-state index contributed by atoms with van der Waals surface area (Å²) in [6.45, 7) is 11.7. The fourth-order valence-electron chi connectivity index (χ4n) is 7.84. The van der Waals surface area contributed by atoms with Crippen LogP contribution in [0, 0.1) is 11.6 Å². The summed E-state index contributed by atoms with van der Waals surface area (Å²) in [4.78, 5) is 34.8. The third-order valence-corrected chi connectivity index (χ3v) is 10.5. The first-order chi connectivity index (χ1) is 24.9. The number of aromatic nitrogens is 2. The average Bonchev–Trinajstić information content (AvgIpc) is 3.65. The zero-order valence-corrected chi connectivity index (χ0v) is 29.0. The lowest BCUT2D eigenvalue weighted by atomic mass is 9.96. The molecule has 1 aromatic heterocycles. The molecule has 0 radical (unpaired) electrons. The Hall–Kier alpha value is -4.37. The van der Waals surface area contributed by atoms with Crippen molar-refractivity contribution in [1.29, 1.82) is 0 Å². The molecule has 0 bridgehead atoms. The van der Waals surface area contributed by atoms with Crippen molar-refractivity contribution in [2.24, 2.45) is 0 Å². The van der Waals surface area contributed by atoms with Crippen molar-refractivity contribution in [2.45, 2.75) is 50.2 Å². The number of morpholine rings is 1. The maximum atomic E-state index is 14.7. The van der Waals surface area contributed by atoms with E-state index in [9.17, 15) is 13.6 Å². The van der Waals surface area contributed by atoms with Crippen LogP contribution in [0.15, 0.2) is 55.4 Å². The van der Waals surface area contributed by atoms with Gasteiger partial charge < -0.3 is 29.9 Å². The van der Waals surface area contributed by atoms with Crippen LogP contribution in [-0.4, -0.2) is 104 Å². The van der Waals surface area contributed by atoms with Crippen molar-refractivity contribution in [1.82, 2.24) is 19.8 Å². The number of methoxy groups -OCH3 is 1. The number of likely N-dealkylation sites (tertiary alicyclic amines) is 1. The second-order valence-corrected chi connectivity index (χ2v) is 13.4. The van der Waals surface area contributed by atoms with E-state index in [0.29, 0.717) is 59.4 Å². The Morgan fingerprint density at radius 1 is 0.902 bits per heavy atom. The summed E-state index contributed by atoms with van der Waals surface area (Å²) in [6.07, 6.45) is 7.61. The van der Waals surface area contributed by atoms with Crippen LogP contribution < -0.4 is 25.3 Å². The summed E-state index contributed by atoms with van der Waals surface area (Å²) in [5.74, 6) is -0.201. The van der Waals surface area contributed by atoms with E-state index in [1.807, 2.05) is 12.1 Å². The van der Waals surface area contributed by atoms with Gasteiger partial charge in [-0.1, -0.05) is 12.6 Å². The summed E-state index contributed by atoms with van der Waals surface area (Å²) < 4.78 is 39.7. The predicted octanol–water partition coefficient (Wildman–Crippen LogP) is 5.28. The molecule has 2 N–H and O–H groups in total. The fraction of sp³-hybridized carbons (Fsp3) is 0.486. The van der Waals surface area contributed by atoms with Crippen molar-refractivity contribution < 1.29 is 27.9 Å². The van der Waals surface area contributed by atoms with Crippen molar-refractivity contribution in [3.63, 3.8) is 0 Å². The topological polar surface area (TPSA) is 108 Å². The number of rotatable bonds is 10. The van der Waals surface area contributed by atoms with Crippen LogP contribution >= 0.6 is 0 Å². The molecule has 7 rings (SSSR count). The first-order valence-electron chi connectivity index (χ1n) is 17.8. The summed E-state index contributed by atoms with van der Waals surface area (Å²) >= 11 is 0. The molecule has 5 heterocycles. The molecule has 1 atom stereocenters. The van der Waals surface area contributed by atoms with Gasteiger partial charge in [0, 0.05) is 68.4 Å². The van der Waals surface area contributed by atoms with E-state index in [-0.39, 0.29) is 5.91 Å². The van der Waals surface area contributed by atoms with Crippen LogP contribution in [0.2, 0.25) is 0 Å². The zero-order chi connectivity index (χ0) is 35.3. The summed E-state index contributed by atoms with van der Waals surface area (Å²) in [5, 5.41) is 7.82. The molecule has 4 aliphatic heterocycles. The van der Waals surface area contributed by atoms with Gasteiger partial charge in [-0.05, 0) is 57.0 Å². The molecular weight excluding hydrogens is 658 g/mol. The first-order valence-corrected chi connectivity index (χ1v) is 17.8. The molecule has 0 aliphatic carbocycles. The zero-order valence-electron chi connectivity index (χ0n) is 29.0. The quantitative estimate of drug-likeness (QED) is 0.270. The number of anilines is 5. The summed E-state index contributed by atoms with van der Waals surface area (Å²) in [5.41, 5.74) is 2.39. The lowest BCUT2D eigenvalue weighted by molar-refractivity contribution is -0.111. The highest BCUT2D eigenvalue weighted by Gasteiger charge is 2.33. The molecule has 4 saturated heterocycles. The number of hydroxylamine groups is 1. The Bertz CT molecular complexity index is 1690. The molecule has 1 amide bonds. The lowest BCUT2D eigenvalue weighted by Crippen LogP contribution is -2.52. The average molecular weight is 705 g/mol. The fourth-order valence-corrected chi connectivity index (χ4v) is 7.84. The number of piperidine rings is 2. The van der Waals surface area contributed by atoms with Crippen molar-refractivity contribution >= 4 is 34.6 Å². The van der Waals surface area contributed by atoms with E-state index in [1.54, 1.807) is 13.2 Å². The van der Waals surface area contributed by atoms with E-state index >= 15 is 0 Å². The molecular formula is C37H46F2N8O4. The van der Waals surface area contributed by atoms with Gasteiger partial charge in [-0.25, -0.2) is 23.8 Å². The predicted molar refractivity (Wildman–Crippen MR) is 192 cm³/mol. The maximum Gasteiger partial charge on any atom is 0.247 e. The molecule has 4 aliphatic rings. The number of ether oxygens (including phenoxy) is 2. The first kappa shape index (κ1) is 35.1. The van der Waals surface area contributed by atoms with E-state index in [4.69, 9.17) is 14.3 Å². The smallest absolute Gasteiger partial charge is 0.247 e. The minimum atomic E-state index is -0.643. The van der Waals surface area contributed by atoms with Gasteiger partial charge in [0.1, 0.15) is 29.5 Å². The Morgan fingerprint density at radius 3 is 2.33 bits per heavy atom. The number of hydrogen-bond donors (Lipinski definition) is 2. The van der Waals surface area contributed by atoms with Crippen molar-refractivity contribution in [3.05, 3.63) is 72.6 Å². The van der Waals surface area contributed by atoms with Crippen LogP contribution in [0.4, 0.5) is 37.5 Å². The number of halogens is 2. The third-order valence-electron chi connectivity index (χ3n) is 10.5. The van der Waals surface area contributed by atoms with Gasteiger partial charge in [-0.3, -0.25) is 14.5 Å². The van der Waals surface area contributed by atoms with Crippen molar-refractivity contribution in [2.75, 3.05) is 86.8 Å². The highest BCUT2D eigenvalue weighted by Crippen LogP contribution is 2.41. The number of nitrogens with one attached hydrogen (secondary N) is 2. The van der Waals surface area contributed by atoms with E-state index in [1.165, 1.54) is 42.4 Å². The maximum absolute atomic E-state index is 14.7. The summed E-state index contributed by atoms with van der Waals surface area (Å²) in [6, 6.07) is 9.70. The number of carbonyl (C=O) groups is 1. The molecule has 0 spiro atoms. The standard InChI is InChI=1S/C37H46F2N8O4/c1-3-37(48)43-30-21-31(42-35-23-36(41-24-40-35)47-32(10-17-51-47)28-5-4-25(38)20-29(28)39)34(49-2)22-33(30)46-13-8-26(9-14-46)44-11-6-27(7-12-44)45-15-18-50-19-16-45/h3-5,20-24,26-27,32H,1,6-19H2,2H3,(H,43,48)(H,40,41,42)/t32-/m1/s1. The van der Waals surface area contributed by atoms with Crippen LogP contribution in [-0.2, 0) is 14.4 Å². The number of carbonyl (C=O) groups excluding carboxylic acids is 1. The molecule has 0 saturated carbocycles. The normalized spacial score (nSPS) is 21.1. The highest BCUT2D eigenvalue weighted by atomic mass is 19.1. The van der Waals surface area contributed by atoms with Crippen LogP contribution in [0.5, 0.6) is 5.75 Å². The van der Waals surface area contributed by atoms with E-state index in [2.05, 4.69) is 41.9 Å². The SMILES string of the molecule is C=CC(=O)Nc1cc(Nc2cc(N3OCC[C@@H]3c3ccc(F)cc3F)ncn2)c(OC)cc1N1CCC(N2CCC(N3CCOCC3)CC2)CC1. The molecule has 3 aromatic rings. The molecule has 14 heteroatoms. The monoisotopic (exact) mass is 704 g/mol. The van der Waals surface area contributed by atoms with E-state index < -0.39 is 17.7 Å². The van der Waals surface area contributed by atoms with Crippen LogP contribution in [0.25, 0.3) is 0 Å². The molecule has 2 aromatic carbocycles. The Balaban J connectivity index is 1.05. The van der Waals surface area contributed by atoms with Crippen LogP contribution in [0.1, 0.15) is 43.7 Å². The largest absolute Gasteiger partial charge is 0.494 e. The number of amides is 1. The number of hydrogen-bond acceptors (Lipinski definition) is 11. The Labute approximate surface area is 297 Å². The number of nitrogens with zero attached hydrogens (tertiary/aromatic N) is 6. The molecule has 51 heavy (non-hydrogen) atoms. The van der Waals surface area contributed by atoms with Gasteiger partial charge in [0.2, 0.25) is 5.91 Å². The Kier molecular flexibility index (Phi) is 10.9. The van der Waals surface area contributed by atoms with Gasteiger partial charge in [0.05, 0.1) is 50.0 Å². The van der Waals surface area contributed by atoms with Gasteiger partial charge in [-0.2, -0.15) is 0 Å². The van der Waals surface area contributed by atoms with Gasteiger partial charge >= 0.3 is 0 Å². The van der Waals surface area contributed by atoms with E-state index in [0.717, 1.165) is 77.1 Å². The van der Waals surface area contributed by atoms with Gasteiger partial charge in [-0.15, -0.1) is 0 Å². The molecule has 272 valence electrons. The molecule has 0 unspecified atom stereocenters.